The van der Waals surface area contributed by atoms with Crippen molar-refractivity contribution in [3.8, 4) is 12.3 Å². The molecule has 0 bridgehead atoms. The van der Waals surface area contributed by atoms with Gasteiger partial charge >= 0.3 is 0 Å². The molecule has 0 unspecified atom stereocenters. The lowest BCUT2D eigenvalue weighted by Crippen LogP contribution is -2.43. The standard InChI is InChI=1S/C27H25N3O4/c1-3-14-29(19-22-8-6-15-34-22)24(31)16-27(23-9-5-4-7-20(23)2)17-25(32)30(26(27)33)18-21-10-12-28-13-11-21/h1,4-13,15H,14,16-19H2,2H3/t27-/m1/s1. The van der Waals surface area contributed by atoms with Crippen LogP contribution in [0, 0.1) is 19.3 Å². The first kappa shape index (κ1) is 23.0. The number of nitrogens with zero attached hydrogens (tertiary/aromatic N) is 3. The third-order valence-corrected chi connectivity index (χ3v) is 6.17. The second kappa shape index (κ2) is 9.75. The fourth-order valence-electron chi connectivity index (χ4n) is 4.49. The zero-order chi connectivity index (χ0) is 24.1. The minimum atomic E-state index is -1.30. The molecule has 34 heavy (non-hydrogen) atoms. The van der Waals surface area contributed by atoms with E-state index in [2.05, 4.69) is 10.9 Å². The van der Waals surface area contributed by atoms with E-state index >= 15 is 0 Å². The van der Waals surface area contributed by atoms with E-state index in [1.165, 1.54) is 16.1 Å². The van der Waals surface area contributed by atoms with E-state index in [0.717, 1.165) is 11.1 Å². The molecule has 3 heterocycles. The summed E-state index contributed by atoms with van der Waals surface area (Å²) in [5.74, 6) is 2.08. The molecule has 2 aromatic heterocycles. The maximum atomic E-state index is 13.9. The molecule has 0 spiro atoms. The number of terminal acetylenes is 1. The van der Waals surface area contributed by atoms with Gasteiger partial charge in [0.15, 0.2) is 0 Å². The van der Waals surface area contributed by atoms with Gasteiger partial charge in [0.2, 0.25) is 17.7 Å². The Hall–Kier alpha value is -4.18. The zero-order valence-electron chi connectivity index (χ0n) is 18.9. The van der Waals surface area contributed by atoms with E-state index in [1.54, 1.807) is 36.7 Å². The number of aryl methyl sites for hydroxylation is 1. The summed E-state index contributed by atoms with van der Waals surface area (Å²) in [7, 11) is 0. The molecule has 7 heteroatoms. The topological polar surface area (TPSA) is 83.7 Å². The Morgan fingerprint density at radius 2 is 1.94 bits per heavy atom. The largest absolute Gasteiger partial charge is 0.467 e. The number of carbonyl (C=O) groups is 3. The number of furan rings is 1. The molecule has 1 aliphatic rings. The molecule has 1 aromatic carbocycles. The van der Waals surface area contributed by atoms with Crippen LogP contribution < -0.4 is 0 Å². The van der Waals surface area contributed by atoms with Gasteiger partial charge in [0.05, 0.1) is 31.3 Å². The Kier molecular flexibility index (Phi) is 6.60. The molecule has 0 saturated carbocycles. The molecule has 4 rings (SSSR count). The van der Waals surface area contributed by atoms with Crippen molar-refractivity contribution in [3.63, 3.8) is 0 Å². The summed E-state index contributed by atoms with van der Waals surface area (Å²) in [5.41, 5.74) is 1.01. The van der Waals surface area contributed by atoms with Crippen LogP contribution in [0.5, 0.6) is 0 Å². The van der Waals surface area contributed by atoms with Gasteiger partial charge in [-0.2, -0.15) is 0 Å². The molecule has 0 aliphatic carbocycles. The van der Waals surface area contributed by atoms with Gasteiger partial charge in [0.1, 0.15) is 5.76 Å². The first-order chi connectivity index (χ1) is 16.4. The Bertz CT molecular complexity index is 1230. The highest BCUT2D eigenvalue weighted by Crippen LogP contribution is 2.42. The van der Waals surface area contributed by atoms with Crippen molar-refractivity contribution in [1.82, 2.24) is 14.8 Å². The molecule has 1 atom stereocenters. The predicted molar refractivity (Wildman–Crippen MR) is 125 cm³/mol. The van der Waals surface area contributed by atoms with Crippen LogP contribution in [0.2, 0.25) is 0 Å². The third kappa shape index (κ3) is 4.48. The fourth-order valence-corrected chi connectivity index (χ4v) is 4.49. The number of hydrogen-bond donors (Lipinski definition) is 0. The van der Waals surface area contributed by atoms with Crippen LogP contribution in [0.15, 0.2) is 71.6 Å². The average molecular weight is 456 g/mol. The van der Waals surface area contributed by atoms with Gasteiger partial charge in [-0.15, -0.1) is 6.42 Å². The van der Waals surface area contributed by atoms with Crippen LogP contribution in [0.3, 0.4) is 0 Å². The predicted octanol–water partition coefficient (Wildman–Crippen LogP) is 3.23. The lowest BCUT2D eigenvalue weighted by molar-refractivity contribution is -0.143. The van der Waals surface area contributed by atoms with E-state index < -0.39 is 5.41 Å². The highest BCUT2D eigenvalue weighted by Gasteiger charge is 2.54. The van der Waals surface area contributed by atoms with E-state index in [9.17, 15) is 14.4 Å². The van der Waals surface area contributed by atoms with Crippen molar-refractivity contribution in [2.75, 3.05) is 6.54 Å². The lowest BCUT2D eigenvalue weighted by Gasteiger charge is -2.31. The molecule has 1 aliphatic heterocycles. The number of aromatic nitrogens is 1. The number of hydrogen-bond acceptors (Lipinski definition) is 5. The van der Waals surface area contributed by atoms with Gasteiger partial charge in [0.25, 0.3) is 0 Å². The summed E-state index contributed by atoms with van der Waals surface area (Å²) in [5, 5.41) is 0. The minimum Gasteiger partial charge on any atom is -0.467 e. The number of likely N-dealkylation sites (tertiary alicyclic amines) is 1. The van der Waals surface area contributed by atoms with E-state index in [0.29, 0.717) is 11.3 Å². The van der Waals surface area contributed by atoms with Gasteiger partial charge in [-0.05, 0) is 47.9 Å². The van der Waals surface area contributed by atoms with Gasteiger partial charge in [-0.25, -0.2) is 0 Å². The number of imide groups is 1. The molecule has 172 valence electrons. The maximum Gasteiger partial charge on any atom is 0.241 e. The number of benzene rings is 1. The first-order valence-corrected chi connectivity index (χ1v) is 11.0. The quantitative estimate of drug-likeness (QED) is 0.385. The Balaban J connectivity index is 1.69. The Labute approximate surface area is 198 Å². The number of amides is 3. The molecule has 1 saturated heterocycles. The summed E-state index contributed by atoms with van der Waals surface area (Å²) in [6, 6.07) is 14.4. The van der Waals surface area contributed by atoms with E-state index in [4.69, 9.17) is 10.8 Å². The van der Waals surface area contributed by atoms with Gasteiger partial charge in [0, 0.05) is 25.2 Å². The van der Waals surface area contributed by atoms with Crippen LogP contribution in [0.4, 0.5) is 0 Å². The van der Waals surface area contributed by atoms with E-state index in [1.807, 2.05) is 31.2 Å². The van der Waals surface area contributed by atoms with Crippen LogP contribution in [-0.2, 0) is 32.9 Å². The minimum absolute atomic E-state index is 0.0618. The number of pyridine rings is 1. The van der Waals surface area contributed by atoms with Gasteiger partial charge in [-0.3, -0.25) is 24.3 Å². The normalized spacial score (nSPS) is 17.6. The van der Waals surface area contributed by atoms with Crippen molar-refractivity contribution >= 4 is 17.7 Å². The second-order valence-corrected chi connectivity index (χ2v) is 8.42. The number of rotatable bonds is 8. The van der Waals surface area contributed by atoms with Crippen LogP contribution in [0.25, 0.3) is 0 Å². The fraction of sp³-hybridized carbons (Fsp3) is 0.259. The highest BCUT2D eigenvalue weighted by molar-refractivity contribution is 6.10. The Morgan fingerprint density at radius 3 is 2.62 bits per heavy atom. The summed E-state index contributed by atoms with van der Waals surface area (Å²) >= 11 is 0. The molecular weight excluding hydrogens is 430 g/mol. The van der Waals surface area contributed by atoms with Gasteiger partial charge < -0.3 is 9.32 Å². The molecule has 7 nitrogen and oxygen atoms in total. The van der Waals surface area contributed by atoms with Crippen LogP contribution in [-0.4, -0.2) is 39.1 Å². The second-order valence-electron chi connectivity index (χ2n) is 8.42. The summed E-state index contributed by atoms with van der Waals surface area (Å²) in [4.78, 5) is 47.3. The number of carbonyl (C=O) groups excluding carboxylic acids is 3. The smallest absolute Gasteiger partial charge is 0.241 e. The summed E-state index contributed by atoms with van der Waals surface area (Å²) in [6.45, 7) is 2.25. The highest BCUT2D eigenvalue weighted by atomic mass is 16.3. The average Bonchev–Trinajstić information content (AvgIpc) is 3.42. The third-order valence-electron chi connectivity index (χ3n) is 6.17. The van der Waals surface area contributed by atoms with Crippen molar-refractivity contribution in [3.05, 3.63) is 89.6 Å². The van der Waals surface area contributed by atoms with Crippen LogP contribution >= 0.6 is 0 Å². The molecule has 0 N–H and O–H groups in total. The maximum absolute atomic E-state index is 13.9. The summed E-state index contributed by atoms with van der Waals surface area (Å²) in [6.07, 6.45) is 10.0. The van der Waals surface area contributed by atoms with Gasteiger partial charge in [-0.1, -0.05) is 30.2 Å². The summed E-state index contributed by atoms with van der Waals surface area (Å²) < 4.78 is 5.38. The van der Waals surface area contributed by atoms with E-state index in [-0.39, 0.29) is 50.2 Å². The van der Waals surface area contributed by atoms with Crippen molar-refractivity contribution < 1.29 is 18.8 Å². The molecule has 0 radical (unpaired) electrons. The molecule has 1 fully saturated rings. The molecule has 3 aromatic rings. The SMILES string of the molecule is C#CCN(Cc1ccco1)C(=O)C[C@]1(c2ccccc2C)CC(=O)N(Cc2ccncc2)C1=O. The Morgan fingerprint density at radius 1 is 1.18 bits per heavy atom. The first-order valence-electron chi connectivity index (χ1n) is 11.0. The molecule has 3 amide bonds. The van der Waals surface area contributed by atoms with Crippen molar-refractivity contribution in [1.29, 1.82) is 0 Å². The zero-order valence-corrected chi connectivity index (χ0v) is 18.9. The van der Waals surface area contributed by atoms with Crippen molar-refractivity contribution in [2.45, 2.75) is 38.3 Å². The van der Waals surface area contributed by atoms with Crippen LogP contribution in [0.1, 0.15) is 35.3 Å². The molecular formula is C27H25N3O4. The monoisotopic (exact) mass is 455 g/mol. The lowest BCUT2D eigenvalue weighted by atomic mass is 9.74. The van der Waals surface area contributed by atoms with Crippen molar-refractivity contribution in [2.24, 2.45) is 0 Å².